The number of rotatable bonds is 8. The van der Waals surface area contributed by atoms with Gasteiger partial charge in [0.15, 0.2) is 10.3 Å². The summed E-state index contributed by atoms with van der Waals surface area (Å²) in [5.41, 5.74) is 1.84. The van der Waals surface area contributed by atoms with Crippen LogP contribution in [0.3, 0.4) is 0 Å². The lowest BCUT2D eigenvalue weighted by Crippen LogP contribution is -2.18. The van der Waals surface area contributed by atoms with Crippen LogP contribution in [0.15, 0.2) is 48.7 Å². The van der Waals surface area contributed by atoms with Crippen LogP contribution in [0.4, 0.5) is 13.9 Å². The molecule has 0 aliphatic carbocycles. The fraction of sp³-hybridized carbons (Fsp3) is 0.182. The summed E-state index contributed by atoms with van der Waals surface area (Å²) in [6.07, 6.45) is 4.41. The van der Waals surface area contributed by atoms with Crippen molar-refractivity contribution in [3.8, 4) is 5.75 Å². The molecule has 1 atom stereocenters. The first-order chi connectivity index (χ1) is 14.4. The van der Waals surface area contributed by atoms with Gasteiger partial charge in [-0.25, -0.2) is 9.37 Å². The number of carbonyl (C=O) groups excluding carboxylic acids is 1. The van der Waals surface area contributed by atoms with Crippen LogP contribution in [0.2, 0.25) is 0 Å². The summed E-state index contributed by atoms with van der Waals surface area (Å²) in [7, 11) is 1.58. The molecule has 0 unspecified atom stereocenters. The molecule has 30 heavy (non-hydrogen) atoms. The Bertz CT molecular complexity index is 1040. The molecule has 0 fully saturated rings. The Morgan fingerprint density at radius 2 is 1.90 bits per heavy atom. The Morgan fingerprint density at radius 3 is 2.57 bits per heavy atom. The smallest absolute Gasteiger partial charge is 0.257 e. The third-order valence-electron chi connectivity index (χ3n) is 3.97. The first-order valence-corrected chi connectivity index (χ1v) is 9.91. The summed E-state index contributed by atoms with van der Waals surface area (Å²) < 4.78 is 37.2. The molecule has 0 bridgehead atoms. The molecule has 0 saturated carbocycles. The first-order valence-electron chi connectivity index (χ1n) is 9.10. The maximum Gasteiger partial charge on any atom is 0.257 e. The van der Waals surface area contributed by atoms with Gasteiger partial charge >= 0.3 is 0 Å². The van der Waals surface area contributed by atoms with E-state index >= 15 is 0 Å². The van der Waals surface area contributed by atoms with E-state index < -0.39 is 11.0 Å². The Balaban J connectivity index is 1.87. The van der Waals surface area contributed by atoms with Crippen molar-refractivity contribution in [1.29, 1.82) is 0 Å². The minimum absolute atomic E-state index is 0.167. The maximum atomic E-state index is 13.2. The van der Waals surface area contributed by atoms with Gasteiger partial charge in [0.2, 0.25) is 0 Å². The minimum Gasteiger partial charge on any atom is -0.488 e. The summed E-state index contributed by atoms with van der Waals surface area (Å²) in [4.78, 5) is 16.4. The maximum absolute atomic E-state index is 13.2. The van der Waals surface area contributed by atoms with Gasteiger partial charge < -0.3 is 9.47 Å². The van der Waals surface area contributed by atoms with Gasteiger partial charge in [0.05, 0.1) is 12.8 Å². The highest BCUT2D eigenvalue weighted by Crippen LogP contribution is 2.23. The second kappa shape index (κ2) is 10.1. The van der Waals surface area contributed by atoms with Crippen LogP contribution in [-0.2, 0) is 4.74 Å². The van der Waals surface area contributed by atoms with E-state index in [4.69, 9.17) is 9.47 Å². The van der Waals surface area contributed by atoms with Gasteiger partial charge in [-0.15, -0.1) is 0 Å². The molecule has 0 saturated heterocycles. The number of amides is 1. The summed E-state index contributed by atoms with van der Waals surface area (Å²) in [6.45, 7) is 2.23. The molecule has 1 aromatic heterocycles. The number of benzene rings is 2. The number of nitrogens with one attached hydrogen (secondary N) is 1. The van der Waals surface area contributed by atoms with Crippen LogP contribution in [0.25, 0.3) is 12.2 Å². The van der Waals surface area contributed by atoms with Crippen molar-refractivity contribution >= 4 is 34.5 Å². The SMILES string of the molecule is COC[C@H](C)Oc1cc(C=Cc2ccc(F)cc2)cc(C(=O)Nc2ncc(F)s2)c1. The van der Waals surface area contributed by atoms with Gasteiger partial charge in [-0.3, -0.25) is 10.1 Å². The van der Waals surface area contributed by atoms with E-state index in [0.29, 0.717) is 23.5 Å². The van der Waals surface area contributed by atoms with Crippen LogP contribution in [-0.4, -0.2) is 30.7 Å². The van der Waals surface area contributed by atoms with Gasteiger partial charge in [0, 0.05) is 12.7 Å². The Kier molecular flexibility index (Phi) is 7.26. The van der Waals surface area contributed by atoms with Gasteiger partial charge in [0.1, 0.15) is 17.7 Å². The molecule has 0 radical (unpaired) electrons. The zero-order valence-electron chi connectivity index (χ0n) is 16.4. The molecule has 3 aromatic rings. The number of halogens is 2. The van der Waals surface area contributed by atoms with Crippen molar-refractivity contribution in [2.45, 2.75) is 13.0 Å². The van der Waals surface area contributed by atoms with E-state index in [9.17, 15) is 13.6 Å². The molecule has 5 nitrogen and oxygen atoms in total. The molecule has 1 N–H and O–H groups in total. The molecule has 0 aliphatic heterocycles. The number of hydrogen-bond acceptors (Lipinski definition) is 5. The van der Waals surface area contributed by atoms with E-state index in [1.165, 1.54) is 12.1 Å². The Hall–Kier alpha value is -3.10. The quantitative estimate of drug-likeness (QED) is 0.496. The summed E-state index contributed by atoms with van der Waals surface area (Å²) in [6, 6.07) is 11.1. The van der Waals surface area contributed by atoms with Crippen LogP contribution in [0.5, 0.6) is 5.75 Å². The van der Waals surface area contributed by atoms with Crippen LogP contribution >= 0.6 is 11.3 Å². The molecule has 1 heterocycles. The number of anilines is 1. The minimum atomic E-state index is -0.487. The molecule has 1 amide bonds. The number of carbonyl (C=O) groups is 1. The van der Waals surface area contributed by atoms with E-state index in [1.54, 1.807) is 49.6 Å². The highest BCUT2D eigenvalue weighted by Gasteiger charge is 2.13. The van der Waals surface area contributed by atoms with E-state index in [0.717, 1.165) is 23.1 Å². The average molecular weight is 430 g/mol. The standard InChI is InChI=1S/C22H20F2N2O3S/c1-14(13-28-2)29-19-10-16(4-3-15-5-7-18(23)8-6-15)9-17(11-19)21(27)26-22-25-12-20(24)30-22/h3-12,14H,13H2,1-2H3,(H,25,26,27)/t14-/m0/s1. The zero-order valence-corrected chi connectivity index (χ0v) is 17.2. The van der Waals surface area contributed by atoms with Gasteiger partial charge in [-0.05, 0) is 48.4 Å². The number of ether oxygens (including phenoxy) is 2. The van der Waals surface area contributed by atoms with Gasteiger partial charge in [-0.1, -0.05) is 35.6 Å². The molecule has 3 rings (SSSR count). The first kappa shape index (κ1) is 21.6. The molecule has 2 aromatic carbocycles. The van der Waals surface area contributed by atoms with Crippen molar-refractivity contribution in [3.63, 3.8) is 0 Å². The van der Waals surface area contributed by atoms with E-state index in [2.05, 4.69) is 10.3 Å². The number of aromatic nitrogens is 1. The highest BCUT2D eigenvalue weighted by atomic mass is 32.1. The topological polar surface area (TPSA) is 60.5 Å². The predicted molar refractivity (Wildman–Crippen MR) is 114 cm³/mol. The van der Waals surface area contributed by atoms with Crippen molar-refractivity contribution in [3.05, 3.63) is 76.3 Å². The molecule has 0 aliphatic rings. The van der Waals surface area contributed by atoms with Gasteiger partial charge in [0.25, 0.3) is 5.91 Å². The monoisotopic (exact) mass is 430 g/mol. The normalized spacial score (nSPS) is 12.1. The van der Waals surface area contributed by atoms with Crippen LogP contribution < -0.4 is 10.1 Å². The van der Waals surface area contributed by atoms with E-state index in [-0.39, 0.29) is 17.1 Å². The molecule has 8 heteroatoms. The number of thiazole rings is 1. The molecule has 156 valence electrons. The van der Waals surface area contributed by atoms with Crippen molar-refractivity contribution < 1.29 is 23.0 Å². The van der Waals surface area contributed by atoms with Crippen molar-refractivity contribution in [1.82, 2.24) is 4.98 Å². The number of methoxy groups -OCH3 is 1. The third kappa shape index (κ3) is 6.20. The van der Waals surface area contributed by atoms with Gasteiger partial charge in [-0.2, -0.15) is 4.39 Å². The average Bonchev–Trinajstić information content (AvgIpc) is 3.12. The lowest BCUT2D eigenvalue weighted by Gasteiger charge is -2.15. The zero-order chi connectivity index (χ0) is 21.5. The predicted octanol–water partition coefficient (Wildman–Crippen LogP) is 5.26. The molecular weight excluding hydrogens is 410 g/mol. The van der Waals surface area contributed by atoms with Crippen molar-refractivity contribution in [2.24, 2.45) is 0 Å². The largest absolute Gasteiger partial charge is 0.488 e. The number of nitrogens with zero attached hydrogens (tertiary/aromatic N) is 1. The number of hydrogen-bond donors (Lipinski definition) is 1. The second-order valence-electron chi connectivity index (χ2n) is 6.48. The van der Waals surface area contributed by atoms with Crippen LogP contribution in [0, 0.1) is 10.9 Å². The fourth-order valence-corrected chi connectivity index (χ4v) is 3.21. The highest BCUT2D eigenvalue weighted by molar-refractivity contribution is 7.14. The Labute approximate surface area is 177 Å². The fourth-order valence-electron chi connectivity index (χ4n) is 2.67. The third-order valence-corrected chi connectivity index (χ3v) is 4.67. The summed E-state index contributed by atoms with van der Waals surface area (Å²) in [5, 5.41) is 2.25. The summed E-state index contributed by atoms with van der Waals surface area (Å²) in [5.74, 6) is -0.269. The Morgan fingerprint density at radius 1 is 1.17 bits per heavy atom. The summed E-state index contributed by atoms with van der Waals surface area (Å²) >= 11 is 0.743. The molecular formula is C22H20F2N2O3S. The molecule has 0 spiro atoms. The lowest BCUT2D eigenvalue weighted by molar-refractivity contribution is 0.0917. The lowest BCUT2D eigenvalue weighted by atomic mass is 10.1. The second-order valence-corrected chi connectivity index (χ2v) is 7.46. The van der Waals surface area contributed by atoms with Crippen LogP contribution in [0.1, 0.15) is 28.4 Å². The van der Waals surface area contributed by atoms with Crippen molar-refractivity contribution in [2.75, 3.05) is 19.0 Å². The van der Waals surface area contributed by atoms with E-state index in [1.807, 2.05) is 6.92 Å².